The third-order valence-corrected chi connectivity index (χ3v) is 3.36. The molecule has 1 aromatic carbocycles. The number of para-hydroxylation sites is 1. The fourth-order valence-electron chi connectivity index (χ4n) is 1.94. The number of ether oxygens (including phenoxy) is 1. The zero-order valence-electron chi connectivity index (χ0n) is 12.5. The van der Waals surface area contributed by atoms with Gasteiger partial charge in [-0.3, -0.25) is 19.6 Å². The molecule has 1 unspecified atom stereocenters. The van der Waals surface area contributed by atoms with Gasteiger partial charge >= 0.3 is 5.69 Å². The van der Waals surface area contributed by atoms with Crippen molar-refractivity contribution in [3.63, 3.8) is 0 Å². The smallest absolute Gasteiger partial charge is 0.320 e. The first kappa shape index (κ1) is 16.8. The first-order chi connectivity index (χ1) is 10.9. The summed E-state index contributed by atoms with van der Waals surface area (Å²) in [5.74, 6) is -0.0891. The van der Waals surface area contributed by atoms with E-state index in [-0.39, 0.29) is 24.0 Å². The van der Waals surface area contributed by atoms with Crippen LogP contribution in [-0.2, 0) is 7.05 Å². The summed E-state index contributed by atoms with van der Waals surface area (Å²) in [7, 11) is 1.46. The van der Waals surface area contributed by atoms with Crippen molar-refractivity contribution in [2.45, 2.75) is 13.0 Å². The summed E-state index contributed by atoms with van der Waals surface area (Å²) in [6, 6.07) is 6.97. The zero-order chi connectivity index (χ0) is 17.0. The van der Waals surface area contributed by atoms with Gasteiger partial charge in [0.2, 0.25) is 5.69 Å². The fraction of sp³-hybridized carbons (Fsp3) is 0.286. The number of carbonyl (C=O) groups is 1. The van der Waals surface area contributed by atoms with E-state index < -0.39 is 10.8 Å². The Morgan fingerprint density at radius 3 is 2.87 bits per heavy atom. The molecule has 1 atom stereocenters. The standard InChI is InChI=1S/C14H15ClN4O4/c1-9(23-12-6-4-3-5-10(12)15)7-16-14(20)13-11(19(21)22)8-17-18(13)2/h3-6,8-9H,7H2,1-2H3,(H,16,20). The molecular weight excluding hydrogens is 324 g/mol. The largest absolute Gasteiger partial charge is 0.487 e. The van der Waals surface area contributed by atoms with Crippen LogP contribution in [0.15, 0.2) is 30.5 Å². The summed E-state index contributed by atoms with van der Waals surface area (Å²) in [5, 5.41) is 17.7. The van der Waals surface area contributed by atoms with Crippen LogP contribution >= 0.6 is 11.6 Å². The average Bonchev–Trinajstić information content (AvgIpc) is 2.89. The van der Waals surface area contributed by atoms with E-state index in [1.807, 2.05) is 0 Å². The highest BCUT2D eigenvalue weighted by molar-refractivity contribution is 6.32. The fourth-order valence-corrected chi connectivity index (χ4v) is 2.12. The van der Waals surface area contributed by atoms with Gasteiger partial charge in [-0.05, 0) is 19.1 Å². The Bertz CT molecular complexity index is 731. The van der Waals surface area contributed by atoms with Gasteiger partial charge in [-0.25, -0.2) is 0 Å². The van der Waals surface area contributed by atoms with Crippen LogP contribution in [0.4, 0.5) is 5.69 Å². The number of aryl methyl sites for hydroxylation is 1. The molecule has 0 saturated heterocycles. The number of hydrogen-bond acceptors (Lipinski definition) is 5. The minimum Gasteiger partial charge on any atom is -0.487 e. The van der Waals surface area contributed by atoms with E-state index in [1.54, 1.807) is 31.2 Å². The van der Waals surface area contributed by atoms with Gasteiger partial charge in [-0.1, -0.05) is 23.7 Å². The van der Waals surface area contributed by atoms with Crippen molar-refractivity contribution >= 4 is 23.2 Å². The van der Waals surface area contributed by atoms with Crippen molar-refractivity contribution in [1.29, 1.82) is 0 Å². The Kier molecular flexibility index (Phi) is 5.17. The molecule has 122 valence electrons. The quantitative estimate of drug-likeness (QED) is 0.642. The predicted molar refractivity (Wildman–Crippen MR) is 83.7 cm³/mol. The molecule has 8 nitrogen and oxygen atoms in total. The van der Waals surface area contributed by atoms with Gasteiger partial charge < -0.3 is 10.1 Å². The van der Waals surface area contributed by atoms with Crippen molar-refractivity contribution in [3.05, 3.63) is 51.3 Å². The van der Waals surface area contributed by atoms with Crippen molar-refractivity contribution < 1.29 is 14.5 Å². The number of amides is 1. The van der Waals surface area contributed by atoms with Gasteiger partial charge in [0.25, 0.3) is 5.91 Å². The lowest BCUT2D eigenvalue weighted by Crippen LogP contribution is -2.34. The van der Waals surface area contributed by atoms with Crippen LogP contribution in [0, 0.1) is 10.1 Å². The molecule has 2 aromatic rings. The van der Waals surface area contributed by atoms with Crippen LogP contribution in [0.25, 0.3) is 0 Å². The van der Waals surface area contributed by atoms with E-state index in [1.165, 1.54) is 7.05 Å². The van der Waals surface area contributed by atoms with Gasteiger partial charge in [-0.15, -0.1) is 0 Å². The van der Waals surface area contributed by atoms with Crippen LogP contribution in [0.2, 0.25) is 5.02 Å². The number of carbonyl (C=O) groups excluding carboxylic acids is 1. The molecule has 0 radical (unpaired) electrons. The van der Waals surface area contributed by atoms with Crippen molar-refractivity contribution in [2.24, 2.45) is 7.05 Å². The van der Waals surface area contributed by atoms with Gasteiger partial charge in [0.1, 0.15) is 18.1 Å². The highest BCUT2D eigenvalue weighted by atomic mass is 35.5. The second-order valence-corrected chi connectivity index (χ2v) is 5.24. The lowest BCUT2D eigenvalue weighted by molar-refractivity contribution is -0.385. The summed E-state index contributed by atoms with van der Waals surface area (Å²) in [6.45, 7) is 1.91. The molecule has 0 spiro atoms. The van der Waals surface area contributed by atoms with Gasteiger partial charge in [0, 0.05) is 7.05 Å². The molecular formula is C14H15ClN4O4. The van der Waals surface area contributed by atoms with Crippen LogP contribution < -0.4 is 10.1 Å². The number of halogens is 1. The van der Waals surface area contributed by atoms with Gasteiger partial charge in [0.05, 0.1) is 16.5 Å². The van der Waals surface area contributed by atoms with Crippen molar-refractivity contribution in [1.82, 2.24) is 15.1 Å². The van der Waals surface area contributed by atoms with E-state index in [4.69, 9.17) is 16.3 Å². The maximum Gasteiger partial charge on any atom is 0.320 e. The summed E-state index contributed by atoms with van der Waals surface area (Å²) < 4.78 is 6.78. The number of nitrogens with one attached hydrogen (secondary N) is 1. The number of nitro groups is 1. The Morgan fingerprint density at radius 1 is 1.52 bits per heavy atom. The number of hydrogen-bond donors (Lipinski definition) is 1. The van der Waals surface area contributed by atoms with E-state index in [9.17, 15) is 14.9 Å². The molecule has 1 amide bonds. The first-order valence-corrected chi connectivity index (χ1v) is 7.13. The molecule has 1 N–H and O–H groups in total. The summed E-state index contributed by atoms with van der Waals surface area (Å²) in [4.78, 5) is 22.4. The minimum absolute atomic E-state index is 0.111. The zero-order valence-corrected chi connectivity index (χ0v) is 13.3. The molecule has 0 aliphatic heterocycles. The van der Waals surface area contributed by atoms with E-state index >= 15 is 0 Å². The van der Waals surface area contributed by atoms with E-state index in [0.29, 0.717) is 10.8 Å². The lowest BCUT2D eigenvalue weighted by Gasteiger charge is -2.16. The monoisotopic (exact) mass is 338 g/mol. The molecule has 0 aliphatic rings. The second-order valence-electron chi connectivity index (χ2n) is 4.83. The van der Waals surface area contributed by atoms with Crippen LogP contribution in [0.1, 0.15) is 17.4 Å². The summed E-state index contributed by atoms with van der Waals surface area (Å²) >= 11 is 5.99. The SMILES string of the molecule is CC(CNC(=O)c1c([N+](=O)[O-])cnn1C)Oc1ccccc1Cl. The van der Waals surface area contributed by atoms with Crippen LogP contribution in [-0.4, -0.2) is 33.3 Å². The van der Waals surface area contributed by atoms with Gasteiger partial charge in [0.15, 0.2) is 0 Å². The number of aromatic nitrogens is 2. The van der Waals surface area contributed by atoms with Gasteiger partial charge in [-0.2, -0.15) is 5.10 Å². The second kappa shape index (κ2) is 7.10. The Hall–Kier alpha value is -2.61. The van der Waals surface area contributed by atoms with E-state index in [0.717, 1.165) is 10.9 Å². The minimum atomic E-state index is -0.647. The number of rotatable bonds is 6. The third-order valence-electron chi connectivity index (χ3n) is 3.05. The third kappa shape index (κ3) is 3.98. The first-order valence-electron chi connectivity index (χ1n) is 6.76. The molecule has 0 fully saturated rings. The van der Waals surface area contributed by atoms with Crippen LogP contribution in [0.5, 0.6) is 5.75 Å². The molecule has 23 heavy (non-hydrogen) atoms. The Labute approximate surface area is 137 Å². The average molecular weight is 339 g/mol. The molecule has 9 heteroatoms. The highest BCUT2D eigenvalue weighted by Gasteiger charge is 2.25. The normalized spacial score (nSPS) is 11.8. The molecule has 1 heterocycles. The predicted octanol–water partition coefficient (Wildman–Crippen LogP) is 2.18. The molecule has 1 aromatic heterocycles. The topological polar surface area (TPSA) is 99.3 Å². The summed E-state index contributed by atoms with van der Waals surface area (Å²) in [5.41, 5.74) is -0.454. The maximum absolute atomic E-state index is 12.1. The molecule has 2 rings (SSSR count). The van der Waals surface area contributed by atoms with E-state index in [2.05, 4.69) is 10.4 Å². The number of benzene rings is 1. The Morgan fingerprint density at radius 2 is 2.22 bits per heavy atom. The summed E-state index contributed by atoms with van der Waals surface area (Å²) in [6.07, 6.45) is 0.671. The highest BCUT2D eigenvalue weighted by Crippen LogP contribution is 2.24. The molecule has 0 bridgehead atoms. The molecule has 0 saturated carbocycles. The lowest BCUT2D eigenvalue weighted by atomic mass is 10.3. The molecule has 0 aliphatic carbocycles. The maximum atomic E-state index is 12.1. The van der Waals surface area contributed by atoms with Crippen molar-refractivity contribution in [3.8, 4) is 5.75 Å². The Balaban J connectivity index is 1.98. The van der Waals surface area contributed by atoms with Crippen molar-refractivity contribution in [2.75, 3.05) is 6.54 Å². The number of nitrogens with zero attached hydrogens (tertiary/aromatic N) is 3. The van der Waals surface area contributed by atoms with Crippen LogP contribution in [0.3, 0.4) is 0 Å².